The molecule has 0 saturated heterocycles. The van der Waals surface area contributed by atoms with Gasteiger partial charge in [0.05, 0.1) is 0 Å². The molecule has 0 bridgehead atoms. The Morgan fingerprint density at radius 1 is 1.15 bits per heavy atom. The third-order valence-electron chi connectivity index (χ3n) is 4.08. The van der Waals surface area contributed by atoms with E-state index in [1.807, 2.05) is 30.3 Å². The summed E-state index contributed by atoms with van der Waals surface area (Å²) in [7, 11) is 0. The molecule has 0 saturated carbocycles. The smallest absolute Gasteiger partial charge is 0.247 e. The summed E-state index contributed by atoms with van der Waals surface area (Å²) < 4.78 is 6.25. The lowest BCUT2D eigenvalue weighted by molar-refractivity contribution is 0.225. The quantitative estimate of drug-likeness (QED) is 0.480. The lowest BCUT2D eigenvalue weighted by atomic mass is 10.1. The Bertz CT molecular complexity index is 962. The molecular formula is C20H18N4OS2. The molecule has 5 nitrogen and oxygen atoms in total. The Kier molecular flexibility index (Phi) is 5.31. The van der Waals surface area contributed by atoms with Crippen LogP contribution in [0.5, 0.6) is 5.88 Å². The molecule has 136 valence electrons. The van der Waals surface area contributed by atoms with Gasteiger partial charge >= 0.3 is 0 Å². The van der Waals surface area contributed by atoms with Crippen LogP contribution in [0.2, 0.25) is 0 Å². The summed E-state index contributed by atoms with van der Waals surface area (Å²) in [6.45, 7) is 3.73. The van der Waals surface area contributed by atoms with Gasteiger partial charge in [0.1, 0.15) is 0 Å². The van der Waals surface area contributed by atoms with Crippen LogP contribution in [-0.4, -0.2) is 27.2 Å². The van der Waals surface area contributed by atoms with Crippen molar-refractivity contribution < 1.29 is 4.74 Å². The van der Waals surface area contributed by atoms with Crippen LogP contribution in [-0.2, 0) is 0 Å². The average molecular weight is 395 g/mol. The zero-order chi connectivity index (χ0) is 18.6. The van der Waals surface area contributed by atoms with Crippen molar-refractivity contribution >= 4 is 29.2 Å². The second-order valence-corrected chi connectivity index (χ2v) is 7.68. The Hall–Kier alpha value is -2.51. The van der Waals surface area contributed by atoms with Crippen LogP contribution in [0.15, 0.2) is 71.2 Å². The number of thioether (sulfide) groups is 2. The van der Waals surface area contributed by atoms with Gasteiger partial charge in [-0.05, 0) is 24.5 Å². The van der Waals surface area contributed by atoms with Gasteiger partial charge in [-0.15, -0.1) is 28.5 Å². The molecule has 1 aliphatic rings. The van der Waals surface area contributed by atoms with E-state index in [-0.39, 0.29) is 6.23 Å². The van der Waals surface area contributed by atoms with Crippen molar-refractivity contribution in [3.8, 4) is 17.1 Å². The predicted molar refractivity (Wildman–Crippen MR) is 111 cm³/mol. The van der Waals surface area contributed by atoms with Gasteiger partial charge in [0, 0.05) is 27.5 Å². The fourth-order valence-electron chi connectivity index (χ4n) is 2.77. The van der Waals surface area contributed by atoms with Crippen LogP contribution in [0.25, 0.3) is 11.3 Å². The molecule has 7 heteroatoms. The number of anilines is 1. The van der Waals surface area contributed by atoms with Crippen LogP contribution >= 0.6 is 23.5 Å². The standard InChI is InChI=1S/C20H18N4OS2/c1-3-12-27-20-22-19-17(23-24-20)15-6-4-5-7-16(15)21-18(25-19)13-8-10-14(26-2)11-9-13/h3-11,18,21H,1,12H2,2H3. The third kappa shape index (κ3) is 3.79. The van der Waals surface area contributed by atoms with E-state index in [1.165, 1.54) is 16.7 Å². The maximum absolute atomic E-state index is 6.25. The molecule has 4 rings (SSSR count). The Labute approximate surface area is 166 Å². The number of rotatable bonds is 5. The van der Waals surface area contributed by atoms with E-state index >= 15 is 0 Å². The van der Waals surface area contributed by atoms with Crippen molar-refractivity contribution in [1.82, 2.24) is 15.2 Å². The van der Waals surface area contributed by atoms with E-state index in [4.69, 9.17) is 4.74 Å². The third-order valence-corrected chi connectivity index (χ3v) is 5.66. The van der Waals surface area contributed by atoms with Gasteiger partial charge in [0.15, 0.2) is 11.9 Å². The molecule has 1 aromatic heterocycles. The largest absolute Gasteiger partial charge is 0.448 e. The maximum atomic E-state index is 6.25. The van der Waals surface area contributed by atoms with Crippen molar-refractivity contribution in [3.05, 3.63) is 66.7 Å². The molecular weight excluding hydrogens is 376 g/mol. The van der Waals surface area contributed by atoms with Crippen LogP contribution in [0, 0.1) is 0 Å². The molecule has 0 radical (unpaired) electrons. The van der Waals surface area contributed by atoms with Gasteiger partial charge in [0.2, 0.25) is 11.0 Å². The summed E-state index contributed by atoms with van der Waals surface area (Å²) >= 11 is 3.19. The monoisotopic (exact) mass is 394 g/mol. The highest BCUT2D eigenvalue weighted by Gasteiger charge is 2.25. The van der Waals surface area contributed by atoms with E-state index < -0.39 is 0 Å². The Balaban J connectivity index is 1.76. The van der Waals surface area contributed by atoms with E-state index in [2.05, 4.69) is 57.6 Å². The molecule has 3 aromatic rings. The number of nitrogens with zero attached hydrogens (tertiary/aromatic N) is 3. The molecule has 2 heterocycles. The SMILES string of the molecule is C=CCSc1nnc2c(n1)OC(c1ccc(SC)cc1)Nc1ccccc1-2. The number of fused-ring (bicyclic) bond motifs is 3. The minimum absolute atomic E-state index is 0.364. The Morgan fingerprint density at radius 2 is 1.96 bits per heavy atom. The molecule has 0 aliphatic carbocycles. The van der Waals surface area contributed by atoms with E-state index in [9.17, 15) is 0 Å². The van der Waals surface area contributed by atoms with E-state index in [0.717, 1.165) is 22.6 Å². The summed E-state index contributed by atoms with van der Waals surface area (Å²) in [5.74, 6) is 1.20. The predicted octanol–water partition coefficient (Wildman–Crippen LogP) is 5.04. The number of hydrogen-bond acceptors (Lipinski definition) is 7. The summed E-state index contributed by atoms with van der Waals surface area (Å²) in [5.41, 5.74) is 3.53. The number of para-hydroxylation sites is 1. The lowest BCUT2D eigenvalue weighted by Gasteiger charge is -2.19. The van der Waals surface area contributed by atoms with Crippen molar-refractivity contribution in [2.24, 2.45) is 0 Å². The van der Waals surface area contributed by atoms with Crippen LogP contribution in [0.1, 0.15) is 11.8 Å². The van der Waals surface area contributed by atoms with Gasteiger partial charge in [-0.2, -0.15) is 4.98 Å². The first-order valence-corrected chi connectivity index (χ1v) is 10.6. The first kappa shape index (κ1) is 17.9. The van der Waals surface area contributed by atoms with Crippen molar-refractivity contribution in [3.63, 3.8) is 0 Å². The minimum Gasteiger partial charge on any atom is -0.448 e. The highest BCUT2D eigenvalue weighted by molar-refractivity contribution is 7.99. The zero-order valence-corrected chi connectivity index (χ0v) is 16.4. The summed E-state index contributed by atoms with van der Waals surface area (Å²) in [4.78, 5) is 5.80. The highest BCUT2D eigenvalue weighted by Crippen LogP contribution is 2.39. The lowest BCUT2D eigenvalue weighted by Crippen LogP contribution is -2.17. The molecule has 27 heavy (non-hydrogen) atoms. The molecule has 2 aromatic carbocycles. The van der Waals surface area contributed by atoms with Gasteiger partial charge in [-0.25, -0.2) is 0 Å². The van der Waals surface area contributed by atoms with Crippen LogP contribution in [0.3, 0.4) is 0 Å². The summed E-state index contributed by atoms with van der Waals surface area (Å²) in [6.07, 6.45) is 3.51. The number of benzene rings is 2. The molecule has 1 atom stereocenters. The maximum Gasteiger partial charge on any atom is 0.247 e. The molecule has 0 spiro atoms. The highest BCUT2D eigenvalue weighted by atomic mass is 32.2. The second-order valence-electron chi connectivity index (χ2n) is 5.81. The molecule has 0 amide bonds. The molecule has 0 fully saturated rings. The second kappa shape index (κ2) is 8.02. The van der Waals surface area contributed by atoms with Gasteiger partial charge in [-0.1, -0.05) is 48.2 Å². The fraction of sp³-hybridized carbons (Fsp3) is 0.150. The number of nitrogens with one attached hydrogen (secondary N) is 1. The molecule has 1 aliphatic heterocycles. The van der Waals surface area contributed by atoms with Crippen LogP contribution < -0.4 is 10.1 Å². The van der Waals surface area contributed by atoms with E-state index in [1.54, 1.807) is 11.8 Å². The van der Waals surface area contributed by atoms with Crippen LogP contribution in [0.4, 0.5) is 5.69 Å². The fourth-order valence-corrected chi connectivity index (χ4v) is 3.69. The van der Waals surface area contributed by atoms with E-state index in [0.29, 0.717) is 16.7 Å². The van der Waals surface area contributed by atoms with Gasteiger partial charge < -0.3 is 10.1 Å². The average Bonchev–Trinajstić information content (AvgIpc) is 2.88. The van der Waals surface area contributed by atoms with Crippen molar-refractivity contribution in [2.45, 2.75) is 16.3 Å². The summed E-state index contributed by atoms with van der Waals surface area (Å²) in [6, 6.07) is 16.3. The van der Waals surface area contributed by atoms with Gasteiger partial charge in [-0.3, -0.25) is 0 Å². The van der Waals surface area contributed by atoms with Crippen molar-refractivity contribution in [1.29, 1.82) is 0 Å². The first-order valence-electron chi connectivity index (χ1n) is 8.43. The number of hydrogen-bond donors (Lipinski definition) is 1. The number of ether oxygens (including phenoxy) is 1. The van der Waals surface area contributed by atoms with Gasteiger partial charge in [0.25, 0.3) is 0 Å². The first-order chi connectivity index (χ1) is 13.3. The zero-order valence-electron chi connectivity index (χ0n) is 14.8. The topological polar surface area (TPSA) is 59.9 Å². The summed E-state index contributed by atoms with van der Waals surface area (Å²) in [5, 5.41) is 12.7. The Morgan fingerprint density at radius 3 is 2.74 bits per heavy atom. The van der Waals surface area contributed by atoms with Crippen molar-refractivity contribution in [2.75, 3.05) is 17.3 Å². The normalized spacial score (nSPS) is 14.9. The minimum atomic E-state index is -0.364. The molecule has 1 unspecified atom stereocenters. The number of aromatic nitrogens is 3. The molecule has 1 N–H and O–H groups in total.